The van der Waals surface area contributed by atoms with Crippen LogP contribution in [0.5, 0.6) is 0 Å². The quantitative estimate of drug-likeness (QED) is 0.860. The van der Waals surface area contributed by atoms with Crippen LogP contribution in [0.3, 0.4) is 0 Å². The lowest BCUT2D eigenvalue weighted by Crippen LogP contribution is -2.29. The first-order valence-electron chi connectivity index (χ1n) is 4.92. The molecule has 2 N–H and O–H groups in total. The normalized spacial score (nSPS) is 13.6. The molecule has 1 aromatic rings. The molecule has 0 bridgehead atoms. The predicted octanol–water partition coefficient (Wildman–Crippen LogP) is 2.01. The molecule has 0 aliphatic carbocycles. The lowest BCUT2D eigenvalue weighted by molar-refractivity contribution is 0.238. The molecule has 1 atom stereocenters. The zero-order chi connectivity index (χ0) is 13.1. The van der Waals surface area contributed by atoms with Gasteiger partial charge in [-0.15, -0.1) is 0 Å². The monoisotopic (exact) mass is 341 g/mol. The third-order valence-electron chi connectivity index (χ3n) is 2.12. The molecule has 0 aliphatic rings. The average Bonchev–Trinajstić information content (AvgIpc) is 2.25. The number of nitrogens with one attached hydrogen (secondary N) is 1. The van der Waals surface area contributed by atoms with Crippen LogP contribution >= 0.6 is 27.5 Å². The van der Waals surface area contributed by atoms with Gasteiger partial charge >= 0.3 is 0 Å². The van der Waals surface area contributed by atoms with Gasteiger partial charge in [0.2, 0.25) is 10.0 Å². The minimum atomic E-state index is -3.63. The van der Waals surface area contributed by atoms with Crippen molar-refractivity contribution in [2.75, 3.05) is 13.2 Å². The Kier molecular flexibility index (Phi) is 5.40. The topological polar surface area (TPSA) is 66.4 Å². The van der Waals surface area contributed by atoms with Crippen LogP contribution in [0.25, 0.3) is 0 Å². The molecular weight excluding hydrogens is 330 g/mol. The van der Waals surface area contributed by atoms with Crippen LogP contribution in [-0.2, 0) is 10.0 Å². The van der Waals surface area contributed by atoms with Gasteiger partial charge in [-0.2, -0.15) is 0 Å². The Morgan fingerprint density at radius 3 is 2.71 bits per heavy atom. The molecule has 0 saturated carbocycles. The van der Waals surface area contributed by atoms with Crippen LogP contribution in [0.15, 0.2) is 27.6 Å². The van der Waals surface area contributed by atoms with Crippen molar-refractivity contribution in [2.45, 2.75) is 11.8 Å². The molecule has 17 heavy (non-hydrogen) atoms. The van der Waals surface area contributed by atoms with E-state index < -0.39 is 10.0 Å². The first kappa shape index (κ1) is 14.9. The molecule has 4 nitrogen and oxygen atoms in total. The fourth-order valence-corrected chi connectivity index (χ4v) is 3.29. The Hall–Kier alpha value is -0.140. The fourth-order valence-electron chi connectivity index (χ4n) is 1.09. The van der Waals surface area contributed by atoms with Gasteiger partial charge in [-0.05, 0) is 24.1 Å². The lowest BCUT2D eigenvalue weighted by atomic mass is 10.2. The second kappa shape index (κ2) is 6.15. The van der Waals surface area contributed by atoms with Crippen molar-refractivity contribution in [1.29, 1.82) is 0 Å². The van der Waals surface area contributed by atoms with Crippen LogP contribution in [0.4, 0.5) is 0 Å². The molecule has 96 valence electrons. The lowest BCUT2D eigenvalue weighted by Gasteiger charge is -2.11. The molecule has 0 saturated heterocycles. The highest BCUT2D eigenvalue weighted by Gasteiger charge is 2.18. The summed E-state index contributed by atoms with van der Waals surface area (Å²) in [6, 6.07) is 4.56. The summed E-state index contributed by atoms with van der Waals surface area (Å²) in [5.41, 5.74) is 0. The Morgan fingerprint density at radius 1 is 1.53 bits per heavy atom. The Morgan fingerprint density at radius 2 is 2.18 bits per heavy atom. The van der Waals surface area contributed by atoms with E-state index in [2.05, 4.69) is 20.7 Å². The average molecular weight is 343 g/mol. The van der Waals surface area contributed by atoms with Crippen molar-refractivity contribution < 1.29 is 13.5 Å². The summed E-state index contributed by atoms with van der Waals surface area (Å²) < 4.78 is 26.9. The zero-order valence-corrected chi connectivity index (χ0v) is 12.3. The molecule has 7 heteroatoms. The van der Waals surface area contributed by atoms with Gasteiger partial charge in [0.05, 0.1) is 5.02 Å². The summed E-state index contributed by atoms with van der Waals surface area (Å²) in [5.74, 6) is -0.140. The number of sulfonamides is 1. The molecule has 0 fully saturated rings. The number of rotatable bonds is 5. The van der Waals surface area contributed by atoms with Gasteiger partial charge < -0.3 is 5.11 Å². The molecular formula is C10H13BrClNO3S. The second-order valence-corrected chi connectivity index (χ2v) is 6.77. The van der Waals surface area contributed by atoms with Crippen LogP contribution in [0, 0.1) is 5.92 Å². The summed E-state index contributed by atoms with van der Waals surface area (Å²) in [5, 5.41) is 8.98. The van der Waals surface area contributed by atoms with Crippen molar-refractivity contribution in [1.82, 2.24) is 4.72 Å². The molecule has 0 aromatic heterocycles. The van der Waals surface area contributed by atoms with Crippen molar-refractivity contribution in [3.05, 3.63) is 27.7 Å². The van der Waals surface area contributed by atoms with E-state index in [1.807, 2.05) is 0 Å². The summed E-state index contributed by atoms with van der Waals surface area (Å²) in [6.45, 7) is 1.84. The van der Waals surface area contributed by atoms with Gasteiger partial charge in [-0.25, -0.2) is 13.1 Å². The SMILES string of the molecule is CC(CO)CNS(=O)(=O)c1ccc(Br)cc1Cl. The minimum absolute atomic E-state index is 0.0347. The second-order valence-electron chi connectivity index (χ2n) is 3.71. The van der Waals surface area contributed by atoms with E-state index in [-0.39, 0.29) is 29.0 Å². The number of aliphatic hydroxyl groups excluding tert-OH is 1. The maximum Gasteiger partial charge on any atom is 0.242 e. The molecule has 1 aromatic carbocycles. The van der Waals surface area contributed by atoms with Crippen molar-refractivity contribution in [3.63, 3.8) is 0 Å². The molecule has 1 unspecified atom stereocenters. The van der Waals surface area contributed by atoms with Gasteiger partial charge in [0, 0.05) is 17.6 Å². The summed E-state index contributed by atoms with van der Waals surface area (Å²) >= 11 is 9.07. The van der Waals surface area contributed by atoms with E-state index in [0.29, 0.717) is 4.47 Å². The maximum absolute atomic E-state index is 11.9. The fraction of sp³-hybridized carbons (Fsp3) is 0.400. The highest BCUT2D eigenvalue weighted by Crippen LogP contribution is 2.24. The van der Waals surface area contributed by atoms with E-state index in [1.54, 1.807) is 13.0 Å². The highest BCUT2D eigenvalue weighted by atomic mass is 79.9. The predicted molar refractivity (Wildman–Crippen MR) is 70.6 cm³/mol. The summed E-state index contributed by atoms with van der Waals surface area (Å²) in [4.78, 5) is 0.0347. The van der Waals surface area contributed by atoms with Crippen LogP contribution in [0.1, 0.15) is 6.92 Å². The number of benzene rings is 1. The first-order valence-corrected chi connectivity index (χ1v) is 7.58. The largest absolute Gasteiger partial charge is 0.396 e. The summed E-state index contributed by atoms with van der Waals surface area (Å²) in [7, 11) is -3.63. The van der Waals surface area contributed by atoms with Crippen molar-refractivity contribution in [2.24, 2.45) is 5.92 Å². The van der Waals surface area contributed by atoms with Crippen molar-refractivity contribution in [3.8, 4) is 0 Å². The van der Waals surface area contributed by atoms with E-state index in [9.17, 15) is 8.42 Å². The van der Waals surface area contributed by atoms with E-state index in [1.165, 1.54) is 12.1 Å². The summed E-state index contributed by atoms with van der Waals surface area (Å²) in [6.07, 6.45) is 0. The highest BCUT2D eigenvalue weighted by molar-refractivity contribution is 9.10. The Balaban J connectivity index is 2.90. The van der Waals surface area contributed by atoms with Crippen molar-refractivity contribution >= 4 is 37.6 Å². The molecule has 0 amide bonds. The standard InChI is InChI=1S/C10H13BrClNO3S/c1-7(6-14)5-13-17(15,16)10-3-2-8(11)4-9(10)12/h2-4,7,13-14H,5-6H2,1H3. The van der Waals surface area contributed by atoms with E-state index in [4.69, 9.17) is 16.7 Å². The number of halogens is 2. The Bertz CT molecular complexity index is 492. The maximum atomic E-state index is 11.9. The number of hydrogen-bond acceptors (Lipinski definition) is 3. The first-order chi connectivity index (χ1) is 7.86. The molecule has 0 heterocycles. The molecule has 0 spiro atoms. The zero-order valence-electron chi connectivity index (χ0n) is 9.15. The number of aliphatic hydroxyl groups is 1. The van der Waals surface area contributed by atoms with Crippen LogP contribution in [0.2, 0.25) is 5.02 Å². The smallest absolute Gasteiger partial charge is 0.242 e. The van der Waals surface area contributed by atoms with E-state index in [0.717, 1.165) is 0 Å². The van der Waals surface area contributed by atoms with E-state index >= 15 is 0 Å². The third-order valence-corrected chi connectivity index (χ3v) is 4.52. The van der Waals surface area contributed by atoms with Gasteiger partial charge in [-0.3, -0.25) is 0 Å². The van der Waals surface area contributed by atoms with Gasteiger partial charge in [-0.1, -0.05) is 34.5 Å². The minimum Gasteiger partial charge on any atom is -0.396 e. The van der Waals surface area contributed by atoms with Gasteiger partial charge in [0.25, 0.3) is 0 Å². The Labute approximate surface area is 114 Å². The third kappa shape index (κ3) is 4.22. The molecule has 0 aliphatic heterocycles. The molecule has 1 rings (SSSR count). The molecule has 0 radical (unpaired) electrons. The number of hydrogen-bond donors (Lipinski definition) is 2. The van der Waals surface area contributed by atoms with Gasteiger partial charge in [0.15, 0.2) is 0 Å². The van der Waals surface area contributed by atoms with Crippen LogP contribution in [-0.4, -0.2) is 26.7 Å². The van der Waals surface area contributed by atoms with Gasteiger partial charge in [0.1, 0.15) is 4.90 Å². The van der Waals surface area contributed by atoms with Crippen LogP contribution < -0.4 is 4.72 Å².